The highest BCUT2D eigenvalue weighted by Gasteiger charge is 2.47. The maximum Gasteiger partial charge on any atom is 0.125 e. The lowest BCUT2D eigenvalue weighted by Gasteiger charge is -2.35. The molecule has 138 valence electrons. The van der Waals surface area contributed by atoms with Crippen LogP contribution in [0, 0.1) is 0 Å². The average Bonchev–Trinajstić information content (AvgIpc) is 3.24. The van der Waals surface area contributed by atoms with E-state index in [1.165, 1.54) is 11.1 Å². The minimum atomic E-state index is -0.177. The highest BCUT2D eigenvalue weighted by molar-refractivity contribution is 6.42. The van der Waals surface area contributed by atoms with Crippen molar-refractivity contribution in [1.29, 1.82) is 0 Å². The number of fused-ring (bicyclic) bond motifs is 4. The Morgan fingerprint density at radius 2 is 1.93 bits per heavy atom. The number of pyridine rings is 1. The SMILES string of the molecule is Clc1ccc(CN2C[C@]3(CCNc4[nH]ncc43)c3cc(Cl)c(Cl)cc32)nc1. The van der Waals surface area contributed by atoms with E-state index in [2.05, 4.69) is 25.4 Å². The van der Waals surface area contributed by atoms with Crippen molar-refractivity contribution in [1.82, 2.24) is 15.2 Å². The van der Waals surface area contributed by atoms with E-state index >= 15 is 0 Å². The third-order valence-corrected chi connectivity index (χ3v) is 6.45. The molecule has 0 fully saturated rings. The van der Waals surface area contributed by atoms with Crippen molar-refractivity contribution in [3.8, 4) is 0 Å². The van der Waals surface area contributed by atoms with Gasteiger partial charge in [-0.3, -0.25) is 10.1 Å². The van der Waals surface area contributed by atoms with E-state index in [9.17, 15) is 0 Å². The minimum Gasteiger partial charge on any atom is -0.370 e. The van der Waals surface area contributed by atoms with Gasteiger partial charge in [0.05, 0.1) is 33.5 Å². The molecule has 8 heteroatoms. The molecule has 0 radical (unpaired) electrons. The van der Waals surface area contributed by atoms with E-state index in [-0.39, 0.29) is 5.41 Å². The summed E-state index contributed by atoms with van der Waals surface area (Å²) in [4.78, 5) is 6.77. The highest BCUT2D eigenvalue weighted by atomic mass is 35.5. The summed E-state index contributed by atoms with van der Waals surface area (Å²) in [5.41, 5.74) is 4.23. The standard InChI is InChI=1S/C19H16Cl3N5/c20-11-1-2-12(24-7-11)9-27-10-19(3-4-23-18-14(19)8-25-26-18)13-5-15(21)16(22)6-17(13)27/h1-2,5-8H,3-4,9-10H2,(H2,23,25,26)/t19-/m1/s1. The predicted octanol–water partition coefficient (Wildman–Crippen LogP) is 4.89. The minimum absolute atomic E-state index is 0.177. The number of hydrogen-bond acceptors (Lipinski definition) is 4. The first-order chi connectivity index (χ1) is 13.1. The van der Waals surface area contributed by atoms with Gasteiger partial charge >= 0.3 is 0 Å². The molecule has 3 aromatic rings. The van der Waals surface area contributed by atoms with Crippen LogP contribution in [0.4, 0.5) is 11.5 Å². The van der Waals surface area contributed by atoms with Gasteiger partial charge in [0.2, 0.25) is 0 Å². The van der Waals surface area contributed by atoms with Gasteiger partial charge in [-0.1, -0.05) is 34.8 Å². The second kappa shape index (κ2) is 6.30. The Labute approximate surface area is 171 Å². The normalized spacial score (nSPS) is 20.5. The Balaban J connectivity index is 1.63. The van der Waals surface area contributed by atoms with Crippen LogP contribution in [0.1, 0.15) is 23.2 Å². The summed E-state index contributed by atoms with van der Waals surface area (Å²) in [6.45, 7) is 2.35. The molecule has 2 aliphatic rings. The summed E-state index contributed by atoms with van der Waals surface area (Å²) in [7, 11) is 0. The molecule has 2 aliphatic heterocycles. The maximum atomic E-state index is 6.40. The molecule has 1 atom stereocenters. The first-order valence-corrected chi connectivity index (χ1v) is 9.83. The second-order valence-corrected chi connectivity index (χ2v) is 8.28. The summed E-state index contributed by atoms with van der Waals surface area (Å²) < 4.78 is 0. The molecule has 2 aromatic heterocycles. The quantitative estimate of drug-likeness (QED) is 0.620. The van der Waals surface area contributed by atoms with Crippen molar-refractivity contribution in [2.45, 2.75) is 18.4 Å². The summed E-state index contributed by atoms with van der Waals surface area (Å²) >= 11 is 18.8. The number of anilines is 2. The van der Waals surface area contributed by atoms with Crippen molar-refractivity contribution < 1.29 is 0 Å². The first-order valence-electron chi connectivity index (χ1n) is 8.69. The largest absolute Gasteiger partial charge is 0.370 e. The lowest BCUT2D eigenvalue weighted by Crippen LogP contribution is -2.39. The number of rotatable bonds is 2. The van der Waals surface area contributed by atoms with Crippen molar-refractivity contribution in [3.05, 3.63) is 68.5 Å². The molecule has 0 saturated carbocycles. The molecule has 2 N–H and O–H groups in total. The Morgan fingerprint density at radius 1 is 1.07 bits per heavy atom. The van der Waals surface area contributed by atoms with E-state index < -0.39 is 0 Å². The molecule has 0 unspecified atom stereocenters. The van der Waals surface area contributed by atoms with Crippen LogP contribution in [-0.2, 0) is 12.0 Å². The molecule has 1 spiro atoms. The molecule has 1 aromatic carbocycles. The number of aromatic amines is 1. The highest BCUT2D eigenvalue weighted by Crippen LogP contribution is 2.52. The lowest BCUT2D eigenvalue weighted by molar-refractivity contribution is 0.495. The zero-order valence-corrected chi connectivity index (χ0v) is 16.5. The second-order valence-electron chi connectivity index (χ2n) is 7.02. The van der Waals surface area contributed by atoms with Gasteiger partial charge in [0, 0.05) is 36.0 Å². The Bertz CT molecular complexity index is 1020. The van der Waals surface area contributed by atoms with Crippen LogP contribution in [0.5, 0.6) is 0 Å². The molecule has 0 saturated heterocycles. The molecule has 0 bridgehead atoms. The number of H-pyrrole nitrogens is 1. The van der Waals surface area contributed by atoms with E-state index in [0.29, 0.717) is 21.6 Å². The van der Waals surface area contributed by atoms with Crippen LogP contribution in [-0.4, -0.2) is 28.3 Å². The van der Waals surface area contributed by atoms with Crippen LogP contribution in [0.25, 0.3) is 0 Å². The van der Waals surface area contributed by atoms with Gasteiger partial charge in [-0.05, 0) is 36.2 Å². The predicted molar refractivity (Wildman–Crippen MR) is 109 cm³/mol. The Hall–Kier alpha value is -1.95. The van der Waals surface area contributed by atoms with E-state index in [4.69, 9.17) is 34.8 Å². The van der Waals surface area contributed by atoms with Crippen molar-refractivity contribution in [2.75, 3.05) is 23.3 Å². The van der Waals surface area contributed by atoms with Crippen LogP contribution >= 0.6 is 34.8 Å². The fourth-order valence-electron chi connectivity index (χ4n) is 4.28. The Morgan fingerprint density at radius 3 is 2.74 bits per heavy atom. The smallest absolute Gasteiger partial charge is 0.125 e. The number of benzene rings is 1. The van der Waals surface area contributed by atoms with Gasteiger partial charge < -0.3 is 10.2 Å². The number of hydrogen-bond donors (Lipinski definition) is 2. The fourth-order valence-corrected chi connectivity index (χ4v) is 4.71. The molecular weight excluding hydrogens is 405 g/mol. The third-order valence-electron chi connectivity index (χ3n) is 5.51. The van der Waals surface area contributed by atoms with Gasteiger partial charge in [0.15, 0.2) is 0 Å². The van der Waals surface area contributed by atoms with E-state index in [0.717, 1.165) is 36.7 Å². The van der Waals surface area contributed by atoms with Crippen molar-refractivity contribution in [2.24, 2.45) is 0 Å². The molecule has 0 amide bonds. The summed E-state index contributed by atoms with van der Waals surface area (Å²) in [6, 6.07) is 7.79. The topological polar surface area (TPSA) is 56.8 Å². The molecule has 0 aliphatic carbocycles. The van der Waals surface area contributed by atoms with E-state index in [1.54, 1.807) is 6.20 Å². The summed E-state index contributed by atoms with van der Waals surface area (Å²) in [5.74, 6) is 0.977. The molecular formula is C19H16Cl3N5. The summed E-state index contributed by atoms with van der Waals surface area (Å²) in [5, 5.41) is 12.5. The fraction of sp³-hybridized carbons (Fsp3) is 0.263. The maximum absolute atomic E-state index is 6.40. The molecule has 5 nitrogen and oxygen atoms in total. The van der Waals surface area contributed by atoms with Crippen molar-refractivity contribution >= 4 is 46.3 Å². The number of halogens is 3. The van der Waals surface area contributed by atoms with E-state index in [1.807, 2.05) is 30.5 Å². The Kier molecular flexibility index (Phi) is 4.00. The van der Waals surface area contributed by atoms with Crippen molar-refractivity contribution in [3.63, 3.8) is 0 Å². The third kappa shape index (κ3) is 2.68. The van der Waals surface area contributed by atoms with Gasteiger partial charge in [-0.2, -0.15) is 5.10 Å². The number of aromatic nitrogens is 3. The molecule has 27 heavy (non-hydrogen) atoms. The van der Waals surface area contributed by atoms with Gasteiger partial charge in [-0.15, -0.1) is 0 Å². The molecule has 5 rings (SSSR count). The monoisotopic (exact) mass is 419 g/mol. The van der Waals surface area contributed by atoms with Crippen LogP contribution in [0.15, 0.2) is 36.7 Å². The lowest BCUT2D eigenvalue weighted by atomic mass is 9.73. The first kappa shape index (κ1) is 17.2. The van der Waals surface area contributed by atoms with Gasteiger partial charge in [0.1, 0.15) is 5.82 Å². The van der Waals surface area contributed by atoms with Gasteiger partial charge in [-0.25, -0.2) is 0 Å². The van der Waals surface area contributed by atoms with Crippen LogP contribution in [0.2, 0.25) is 15.1 Å². The molecule has 4 heterocycles. The number of nitrogens with zero attached hydrogens (tertiary/aromatic N) is 3. The average molecular weight is 421 g/mol. The van der Waals surface area contributed by atoms with Gasteiger partial charge in [0.25, 0.3) is 0 Å². The zero-order chi connectivity index (χ0) is 18.6. The zero-order valence-electron chi connectivity index (χ0n) is 14.3. The van der Waals surface area contributed by atoms with Crippen LogP contribution in [0.3, 0.4) is 0 Å². The summed E-state index contributed by atoms with van der Waals surface area (Å²) in [6.07, 6.45) is 4.55. The number of nitrogens with one attached hydrogen (secondary N) is 2. The van der Waals surface area contributed by atoms with Crippen LogP contribution < -0.4 is 10.2 Å².